The molecular formula is C20H23N3O3. The largest absolute Gasteiger partial charge is 0.367 e. The number of hydrogen-bond acceptors (Lipinski definition) is 4. The molecule has 3 atom stereocenters. The summed E-state index contributed by atoms with van der Waals surface area (Å²) in [6.07, 6.45) is 2.43. The second-order valence-electron chi connectivity index (χ2n) is 7.14. The number of benzene rings is 1. The van der Waals surface area contributed by atoms with Gasteiger partial charge in [-0.2, -0.15) is 0 Å². The minimum atomic E-state index is -0.617. The van der Waals surface area contributed by atoms with Crippen LogP contribution in [0.5, 0.6) is 0 Å². The minimum Gasteiger partial charge on any atom is -0.367 e. The molecule has 6 heteroatoms. The predicted molar refractivity (Wildman–Crippen MR) is 96.9 cm³/mol. The molecule has 0 saturated carbocycles. The van der Waals surface area contributed by atoms with Crippen LogP contribution in [0.25, 0.3) is 0 Å². The lowest BCUT2D eigenvalue weighted by molar-refractivity contribution is -0.145. The Bertz CT molecular complexity index is 878. The predicted octanol–water partition coefficient (Wildman–Crippen LogP) is 1.92. The number of hydrogen-bond donors (Lipinski definition) is 1. The van der Waals surface area contributed by atoms with Crippen LogP contribution in [-0.4, -0.2) is 40.0 Å². The number of amides is 1. The Labute approximate surface area is 152 Å². The molecule has 1 aromatic carbocycles. The summed E-state index contributed by atoms with van der Waals surface area (Å²) in [4.78, 5) is 35.0. The van der Waals surface area contributed by atoms with E-state index in [1.807, 2.05) is 35.2 Å². The number of aryl methyl sites for hydroxylation is 1. The lowest BCUT2D eigenvalue weighted by Crippen LogP contribution is -2.44. The van der Waals surface area contributed by atoms with Gasteiger partial charge in [0.2, 0.25) is 0 Å². The Morgan fingerprint density at radius 3 is 2.62 bits per heavy atom. The average molecular weight is 353 g/mol. The highest BCUT2D eigenvalue weighted by molar-refractivity contribution is 5.83. The third kappa shape index (κ3) is 2.84. The molecule has 1 fully saturated rings. The number of carbonyl (C=O) groups excluding carboxylic acids is 1. The van der Waals surface area contributed by atoms with E-state index >= 15 is 0 Å². The fraction of sp³-hybridized carbons (Fsp3) is 0.450. The van der Waals surface area contributed by atoms with Gasteiger partial charge < -0.3 is 14.6 Å². The Kier molecular flexibility index (Phi) is 4.36. The van der Waals surface area contributed by atoms with Crippen molar-refractivity contribution in [2.24, 2.45) is 0 Å². The first-order valence-corrected chi connectivity index (χ1v) is 9.07. The third-order valence-corrected chi connectivity index (χ3v) is 5.52. The van der Waals surface area contributed by atoms with Gasteiger partial charge in [0.1, 0.15) is 5.82 Å². The van der Waals surface area contributed by atoms with Crippen molar-refractivity contribution in [1.82, 2.24) is 14.9 Å². The van der Waals surface area contributed by atoms with Crippen LogP contribution in [0.4, 0.5) is 0 Å². The van der Waals surface area contributed by atoms with Crippen molar-refractivity contribution in [3.8, 4) is 0 Å². The number of nitrogens with zero attached hydrogens (tertiary/aromatic N) is 2. The smallest absolute Gasteiger partial charge is 0.256 e. The Balaban J connectivity index is 1.67. The highest BCUT2D eigenvalue weighted by Crippen LogP contribution is 2.35. The van der Waals surface area contributed by atoms with E-state index < -0.39 is 6.10 Å². The molecule has 2 aliphatic heterocycles. The van der Waals surface area contributed by atoms with Crippen LogP contribution in [0.2, 0.25) is 0 Å². The van der Waals surface area contributed by atoms with Crippen molar-refractivity contribution in [2.75, 3.05) is 7.11 Å². The van der Waals surface area contributed by atoms with Crippen molar-refractivity contribution < 1.29 is 9.53 Å². The molecule has 2 bridgehead atoms. The van der Waals surface area contributed by atoms with Gasteiger partial charge in [0.15, 0.2) is 6.10 Å². The Hall–Kier alpha value is -2.47. The first-order chi connectivity index (χ1) is 12.6. The monoisotopic (exact) mass is 353 g/mol. The van der Waals surface area contributed by atoms with E-state index in [9.17, 15) is 9.59 Å². The minimum absolute atomic E-state index is 0.0212. The number of fused-ring (bicyclic) bond motifs is 3. The number of ether oxygens (including phenoxy) is 1. The molecule has 26 heavy (non-hydrogen) atoms. The quantitative estimate of drug-likeness (QED) is 0.915. The zero-order valence-corrected chi connectivity index (χ0v) is 15.1. The summed E-state index contributed by atoms with van der Waals surface area (Å²) in [6.45, 7) is 1.80. The van der Waals surface area contributed by atoms with E-state index in [0.29, 0.717) is 18.7 Å². The lowest BCUT2D eigenvalue weighted by Gasteiger charge is -2.31. The summed E-state index contributed by atoms with van der Waals surface area (Å²) >= 11 is 0. The summed E-state index contributed by atoms with van der Waals surface area (Å²) < 4.78 is 5.56. The van der Waals surface area contributed by atoms with Crippen LogP contribution in [-0.2, 0) is 22.4 Å². The zero-order chi connectivity index (χ0) is 18.3. The molecule has 136 valence electrons. The molecule has 1 aromatic heterocycles. The molecule has 6 nitrogen and oxygen atoms in total. The normalized spacial score (nSPS) is 22.6. The maximum Gasteiger partial charge on any atom is 0.256 e. The van der Waals surface area contributed by atoms with E-state index in [2.05, 4.69) is 9.97 Å². The van der Waals surface area contributed by atoms with Crippen molar-refractivity contribution in [1.29, 1.82) is 0 Å². The van der Waals surface area contributed by atoms with Crippen LogP contribution in [0, 0.1) is 6.92 Å². The number of rotatable bonds is 3. The van der Waals surface area contributed by atoms with Crippen molar-refractivity contribution >= 4 is 5.91 Å². The van der Waals surface area contributed by atoms with Crippen LogP contribution in [0.1, 0.15) is 41.6 Å². The number of aromatic amines is 1. The lowest BCUT2D eigenvalue weighted by atomic mass is 9.98. The maximum absolute atomic E-state index is 13.3. The summed E-state index contributed by atoms with van der Waals surface area (Å²) in [5.41, 5.74) is 2.35. The average Bonchev–Trinajstić information content (AvgIpc) is 2.92. The first kappa shape index (κ1) is 17.0. The summed E-state index contributed by atoms with van der Waals surface area (Å²) in [5.74, 6) is 0.607. The second kappa shape index (κ2) is 6.68. The number of nitrogens with one attached hydrogen (secondary N) is 1. The van der Waals surface area contributed by atoms with Gasteiger partial charge in [0, 0.05) is 37.6 Å². The fourth-order valence-corrected chi connectivity index (χ4v) is 4.37. The molecule has 1 saturated heterocycles. The zero-order valence-electron chi connectivity index (χ0n) is 15.1. The van der Waals surface area contributed by atoms with E-state index in [0.717, 1.165) is 29.7 Å². The number of methoxy groups -OCH3 is 1. The fourth-order valence-electron chi connectivity index (χ4n) is 4.37. The summed E-state index contributed by atoms with van der Waals surface area (Å²) in [6, 6.07) is 9.67. The number of H-pyrrole nitrogens is 1. The molecule has 0 aliphatic carbocycles. The van der Waals surface area contributed by atoms with Gasteiger partial charge in [0.05, 0.1) is 5.69 Å². The van der Waals surface area contributed by atoms with Gasteiger partial charge in [-0.15, -0.1) is 0 Å². The Morgan fingerprint density at radius 1 is 1.23 bits per heavy atom. The topological polar surface area (TPSA) is 75.3 Å². The van der Waals surface area contributed by atoms with Crippen LogP contribution < -0.4 is 5.56 Å². The van der Waals surface area contributed by atoms with Gasteiger partial charge in [-0.1, -0.05) is 30.3 Å². The van der Waals surface area contributed by atoms with Gasteiger partial charge >= 0.3 is 0 Å². The first-order valence-electron chi connectivity index (χ1n) is 9.07. The molecule has 1 N–H and O–H groups in total. The number of carbonyl (C=O) groups is 1. The maximum atomic E-state index is 13.3. The van der Waals surface area contributed by atoms with E-state index in [1.165, 1.54) is 0 Å². The van der Waals surface area contributed by atoms with Gasteiger partial charge in [-0.3, -0.25) is 9.59 Å². The van der Waals surface area contributed by atoms with Crippen LogP contribution in [0.3, 0.4) is 0 Å². The molecule has 0 spiro atoms. The van der Waals surface area contributed by atoms with Crippen LogP contribution >= 0.6 is 0 Å². The Morgan fingerprint density at radius 2 is 1.92 bits per heavy atom. The van der Waals surface area contributed by atoms with E-state index in [4.69, 9.17) is 4.74 Å². The van der Waals surface area contributed by atoms with Crippen molar-refractivity contribution in [2.45, 2.75) is 50.8 Å². The van der Waals surface area contributed by atoms with E-state index in [1.54, 1.807) is 14.0 Å². The van der Waals surface area contributed by atoms with Crippen molar-refractivity contribution in [3.05, 3.63) is 63.3 Å². The van der Waals surface area contributed by atoms with Gasteiger partial charge in [-0.25, -0.2) is 4.98 Å². The van der Waals surface area contributed by atoms with Gasteiger partial charge in [0.25, 0.3) is 11.5 Å². The molecule has 0 radical (unpaired) electrons. The highest BCUT2D eigenvalue weighted by atomic mass is 16.5. The van der Waals surface area contributed by atoms with Crippen molar-refractivity contribution in [3.63, 3.8) is 0 Å². The molecule has 4 rings (SSSR count). The third-order valence-electron chi connectivity index (χ3n) is 5.52. The summed E-state index contributed by atoms with van der Waals surface area (Å²) in [7, 11) is 1.57. The standard InChI is InChI=1S/C20H23N3O3/c1-12-21-17-11-15-9-8-14(10-16(17)19(24)22-12)23(15)20(25)18(26-2)13-6-4-3-5-7-13/h3-7,14-15,18H,8-11H2,1-2H3,(H,21,22,24)/t14-,15-,18-/m1/s1. The molecule has 0 unspecified atom stereocenters. The molecule has 2 aliphatic rings. The molecular weight excluding hydrogens is 330 g/mol. The molecule has 1 amide bonds. The summed E-state index contributed by atoms with van der Waals surface area (Å²) in [5, 5.41) is 0. The van der Waals surface area contributed by atoms with Gasteiger partial charge in [-0.05, 0) is 25.3 Å². The number of aromatic nitrogens is 2. The molecule has 2 aromatic rings. The SMILES string of the molecule is CO[C@@H](C(=O)N1[C@@H]2CC[C@@H]1Cc1c(nc(C)[nH]c1=O)C2)c1ccccc1. The second-order valence-corrected chi connectivity index (χ2v) is 7.14. The molecule has 3 heterocycles. The van der Waals surface area contributed by atoms with Crippen LogP contribution in [0.15, 0.2) is 35.1 Å². The van der Waals surface area contributed by atoms with E-state index in [-0.39, 0.29) is 23.6 Å². The highest BCUT2D eigenvalue weighted by Gasteiger charge is 2.43.